The smallest absolute Gasteiger partial charge is 0.358 e. The maximum Gasteiger partial charge on any atom is 0.358 e. The quantitative estimate of drug-likeness (QED) is 0.629. The number of alkyl halides is 3. The maximum absolute atomic E-state index is 13.9. The van der Waals surface area contributed by atoms with E-state index in [9.17, 15) is 23.1 Å². The van der Waals surface area contributed by atoms with Crippen molar-refractivity contribution in [1.29, 1.82) is 0 Å². The van der Waals surface area contributed by atoms with Crippen LogP contribution in [-0.2, 0) is 4.74 Å². The molecule has 0 amide bonds. The van der Waals surface area contributed by atoms with E-state index in [1.54, 1.807) is 18.2 Å². The molecule has 0 radical (unpaired) electrons. The summed E-state index contributed by atoms with van der Waals surface area (Å²) in [6, 6.07) is 4.72. The predicted octanol–water partition coefficient (Wildman–Crippen LogP) is 4.54. The molecule has 1 aliphatic carbocycles. The molecule has 0 saturated heterocycles. The molecule has 4 rings (SSSR count). The Hall–Kier alpha value is -3.14. The highest BCUT2D eigenvalue weighted by molar-refractivity contribution is 5.92. The summed E-state index contributed by atoms with van der Waals surface area (Å²) in [4.78, 5) is 20.1. The summed E-state index contributed by atoms with van der Waals surface area (Å²) < 4.78 is 49.9. The summed E-state index contributed by atoms with van der Waals surface area (Å²) in [5.74, 6) is -1.35. The number of nitrogens with one attached hydrogen (secondary N) is 1. The van der Waals surface area contributed by atoms with Crippen LogP contribution >= 0.6 is 0 Å². The minimum Gasteiger partial charge on any atom is -0.476 e. The van der Waals surface area contributed by atoms with Crippen LogP contribution in [0.25, 0.3) is 5.57 Å². The number of hydrogen-bond donors (Lipinski definition) is 2. The molecule has 31 heavy (non-hydrogen) atoms. The number of aromatic nitrogens is 2. The van der Waals surface area contributed by atoms with Gasteiger partial charge in [0, 0.05) is 11.5 Å². The van der Waals surface area contributed by atoms with Crippen LogP contribution in [0.2, 0.25) is 0 Å². The van der Waals surface area contributed by atoms with Crippen molar-refractivity contribution >= 4 is 23.0 Å². The fraction of sp³-hybridized carbons (Fsp3) is 0.381. The number of carboxylic acids is 1. The summed E-state index contributed by atoms with van der Waals surface area (Å²) in [6.45, 7) is 0.756. The van der Waals surface area contributed by atoms with Gasteiger partial charge in [0.15, 0.2) is 17.3 Å². The highest BCUT2D eigenvalue weighted by Crippen LogP contribution is 2.41. The van der Waals surface area contributed by atoms with E-state index in [4.69, 9.17) is 9.47 Å². The highest BCUT2D eigenvalue weighted by Gasteiger charge is 2.29. The third-order valence-corrected chi connectivity index (χ3v) is 5.00. The van der Waals surface area contributed by atoms with Crippen LogP contribution in [0, 0.1) is 0 Å². The summed E-state index contributed by atoms with van der Waals surface area (Å²) in [5, 5.41) is 12.3. The number of benzene rings is 1. The highest BCUT2D eigenvalue weighted by atomic mass is 19.3. The molecule has 7 nitrogen and oxygen atoms in total. The van der Waals surface area contributed by atoms with E-state index in [2.05, 4.69) is 15.3 Å². The molecule has 1 saturated carbocycles. The molecule has 1 atom stereocenters. The van der Waals surface area contributed by atoms with E-state index < -0.39 is 18.8 Å². The summed E-state index contributed by atoms with van der Waals surface area (Å²) >= 11 is 0. The van der Waals surface area contributed by atoms with E-state index in [0.29, 0.717) is 30.9 Å². The SMILES string of the molecule is O=C(O)c1nc(C2CC2)cnc1Nc1cccc(C2=CCOCC2)c1OC(F)C(F)F. The minimum atomic E-state index is -3.35. The van der Waals surface area contributed by atoms with Gasteiger partial charge in [0.1, 0.15) is 0 Å². The largest absolute Gasteiger partial charge is 0.476 e. The number of halogens is 3. The number of nitrogens with zero attached hydrogens (tertiary/aromatic N) is 2. The Morgan fingerprint density at radius 2 is 2.10 bits per heavy atom. The van der Waals surface area contributed by atoms with Gasteiger partial charge in [-0.25, -0.2) is 23.5 Å². The van der Waals surface area contributed by atoms with Crippen LogP contribution in [0.1, 0.15) is 46.9 Å². The van der Waals surface area contributed by atoms with Crippen LogP contribution in [0.4, 0.5) is 24.7 Å². The van der Waals surface area contributed by atoms with Crippen molar-refractivity contribution in [3.8, 4) is 5.75 Å². The lowest BCUT2D eigenvalue weighted by Gasteiger charge is -2.22. The second-order valence-electron chi connectivity index (χ2n) is 7.24. The number of rotatable bonds is 8. The number of carbonyl (C=O) groups is 1. The molecule has 2 N–H and O–H groups in total. The van der Waals surface area contributed by atoms with E-state index >= 15 is 0 Å². The number of para-hydroxylation sites is 1. The van der Waals surface area contributed by atoms with Gasteiger partial charge in [0.2, 0.25) is 0 Å². The molecule has 1 unspecified atom stereocenters. The van der Waals surface area contributed by atoms with Crippen molar-refractivity contribution in [2.45, 2.75) is 38.0 Å². The Labute approximate surface area is 175 Å². The molecule has 1 fully saturated rings. The molecule has 2 aliphatic rings. The fourth-order valence-corrected chi connectivity index (χ4v) is 3.30. The first kappa shape index (κ1) is 21.1. The van der Waals surface area contributed by atoms with Crippen molar-refractivity contribution in [2.75, 3.05) is 18.5 Å². The minimum absolute atomic E-state index is 0.0905. The number of carboxylic acid groups (broad SMARTS) is 1. The molecule has 2 aromatic rings. The topological polar surface area (TPSA) is 93.6 Å². The van der Waals surface area contributed by atoms with Gasteiger partial charge in [-0.2, -0.15) is 4.39 Å². The van der Waals surface area contributed by atoms with Gasteiger partial charge in [-0.3, -0.25) is 0 Å². The first-order chi connectivity index (χ1) is 14.9. The van der Waals surface area contributed by atoms with Crippen molar-refractivity contribution in [3.63, 3.8) is 0 Å². The van der Waals surface area contributed by atoms with Gasteiger partial charge in [-0.05, 0) is 30.9 Å². The molecule has 164 valence electrons. The van der Waals surface area contributed by atoms with E-state index in [1.807, 2.05) is 0 Å². The third kappa shape index (κ3) is 4.79. The fourth-order valence-electron chi connectivity index (χ4n) is 3.30. The van der Waals surface area contributed by atoms with Crippen LogP contribution in [-0.4, -0.2) is 47.0 Å². The summed E-state index contributed by atoms with van der Waals surface area (Å²) in [7, 11) is 0. The zero-order valence-corrected chi connectivity index (χ0v) is 16.4. The zero-order valence-electron chi connectivity index (χ0n) is 16.4. The number of aromatic carboxylic acids is 1. The zero-order chi connectivity index (χ0) is 22.0. The molecule has 0 spiro atoms. The summed E-state index contributed by atoms with van der Waals surface area (Å²) in [6.07, 6.45) is -0.633. The van der Waals surface area contributed by atoms with Crippen LogP contribution in [0.15, 0.2) is 30.5 Å². The number of ether oxygens (including phenoxy) is 2. The van der Waals surface area contributed by atoms with Crippen molar-refractivity contribution in [3.05, 3.63) is 47.4 Å². The first-order valence-electron chi connectivity index (χ1n) is 9.80. The molecule has 2 heterocycles. The second-order valence-corrected chi connectivity index (χ2v) is 7.24. The Morgan fingerprint density at radius 3 is 2.74 bits per heavy atom. The average Bonchev–Trinajstić information content (AvgIpc) is 3.61. The Balaban J connectivity index is 1.74. The Morgan fingerprint density at radius 1 is 1.29 bits per heavy atom. The monoisotopic (exact) mass is 435 g/mol. The molecular formula is C21H20F3N3O4. The van der Waals surface area contributed by atoms with Gasteiger partial charge in [-0.1, -0.05) is 18.2 Å². The standard InChI is InChI=1S/C21H20F3N3O4/c22-18(23)19(24)31-17-13(11-6-8-30-9-7-11)2-1-3-14(17)27-20-16(21(28)29)26-15(10-25-20)12-4-5-12/h1-3,6,10,12,18-19H,4-5,7-9H2,(H,25,27)(H,28,29). The normalized spacial score (nSPS) is 17.2. The molecular weight excluding hydrogens is 415 g/mol. The van der Waals surface area contributed by atoms with Crippen molar-refractivity contribution in [2.24, 2.45) is 0 Å². The summed E-state index contributed by atoms with van der Waals surface area (Å²) in [5.41, 5.74) is 1.54. The lowest BCUT2D eigenvalue weighted by Crippen LogP contribution is -2.21. The molecule has 1 aromatic carbocycles. The van der Waals surface area contributed by atoms with Gasteiger partial charge in [0.25, 0.3) is 6.36 Å². The lowest BCUT2D eigenvalue weighted by molar-refractivity contribution is -0.0666. The van der Waals surface area contributed by atoms with E-state index in [-0.39, 0.29) is 28.9 Å². The molecule has 10 heteroatoms. The Bertz CT molecular complexity index is 1010. The predicted molar refractivity (Wildman–Crippen MR) is 106 cm³/mol. The van der Waals surface area contributed by atoms with Gasteiger partial charge < -0.3 is 19.9 Å². The number of hydrogen-bond acceptors (Lipinski definition) is 6. The molecule has 1 aromatic heterocycles. The van der Waals surface area contributed by atoms with Gasteiger partial charge in [0.05, 0.1) is 30.8 Å². The van der Waals surface area contributed by atoms with Crippen LogP contribution in [0.5, 0.6) is 5.75 Å². The average molecular weight is 435 g/mol. The molecule has 0 bridgehead atoms. The van der Waals surface area contributed by atoms with Crippen molar-refractivity contribution < 1.29 is 32.5 Å². The van der Waals surface area contributed by atoms with Crippen molar-refractivity contribution in [1.82, 2.24) is 9.97 Å². The lowest BCUT2D eigenvalue weighted by atomic mass is 9.99. The molecule has 1 aliphatic heterocycles. The third-order valence-electron chi connectivity index (χ3n) is 5.00. The first-order valence-corrected chi connectivity index (χ1v) is 9.80. The van der Waals surface area contributed by atoms with E-state index in [0.717, 1.165) is 18.4 Å². The Kier molecular flexibility index (Phi) is 6.08. The second kappa shape index (κ2) is 8.93. The van der Waals surface area contributed by atoms with Crippen LogP contribution < -0.4 is 10.1 Å². The van der Waals surface area contributed by atoms with E-state index in [1.165, 1.54) is 12.3 Å². The number of anilines is 2. The maximum atomic E-state index is 13.9. The van der Waals surface area contributed by atoms with Gasteiger partial charge in [-0.15, -0.1) is 0 Å². The van der Waals surface area contributed by atoms with Crippen LogP contribution in [0.3, 0.4) is 0 Å². The van der Waals surface area contributed by atoms with Gasteiger partial charge >= 0.3 is 12.4 Å².